The smallest absolute Gasteiger partial charge is 0.189 e. The molecule has 0 spiro atoms. The van der Waals surface area contributed by atoms with Gasteiger partial charge in [-0.2, -0.15) is 10.2 Å². The zero-order chi connectivity index (χ0) is 21.1. The second-order valence-electron chi connectivity index (χ2n) is 6.20. The average Bonchev–Trinajstić information content (AvgIpc) is 2.69. The molecular weight excluding hydrogens is 388 g/mol. The minimum atomic E-state index is 0.592. The Kier molecular flexibility index (Phi) is 10.6. The summed E-state index contributed by atoms with van der Waals surface area (Å²) in [7, 11) is 0. The van der Waals surface area contributed by atoms with Crippen molar-refractivity contribution in [3.05, 3.63) is 35.4 Å². The number of rotatable bonds is 8. The molecule has 0 aromatic heterocycles. The van der Waals surface area contributed by atoms with Crippen molar-refractivity contribution < 1.29 is 0 Å². The number of hydrogen-bond acceptors (Lipinski definition) is 4. The van der Waals surface area contributed by atoms with Gasteiger partial charge in [0.1, 0.15) is 5.71 Å². The molecule has 6 nitrogen and oxygen atoms in total. The van der Waals surface area contributed by atoms with E-state index in [9.17, 15) is 0 Å². The molecule has 0 heterocycles. The maximum atomic E-state index is 5.45. The molecule has 0 saturated heterocycles. The van der Waals surface area contributed by atoms with Gasteiger partial charge >= 0.3 is 0 Å². The zero-order valence-corrected chi connectivity index (χ0v) is 19.4. The van der Waals surface area contributed by atoms with E-state index in [1.54, 1.807) is 0 Å². The first-order valence-electron chi connectivity index (χ1n) is 9.66. The van der Waals surface area contributed by atoms with Crippen LogP contribution in [0, 0.1) is 6.92 Å². The number of hydrogen-bond donors (Lipinski definition) is 2. The van der Waals surface area contributed by atoms with Crippen LogP contribution in [0.25, 0.3) is 0 Å². The van der Waals surface area contributed by atoms with Crippen molar-refractivity contribution in [2.24, 2.45) is 10.2 Å². The molecule has 0 bridgehead atoms. The SMILES string of the molecule is CCN(CC)C(=S)N/N=C(C)/C(=N/NC(=S)N(CC)CC)c1ccc(C)cc1. The summed E-state index contributed by atoms with van der Waals surface area (Å²) >= 11 is 10.9. The molecule has 0 atom stereocenters. The van der Waals surface area contributed by atoms with Crippen molar-refractivity contribution >= 4 is 46.1 Å². The first-order valence-corrected chi connectivity index (χ1v) is 10.5. The Hall–Kier alpha value is -2.06. The molecule has 1 rings (SSSR count). The maximum Gasteiger partial charge on any atom is 0.189 e. The predicted octanol–water partition coefficient (Wildman–Crippen LogP) is 3.51. The van der Waals surface area contributed by atoms with Gasteiger partial charge in [-0.1, -0.05) is 29.8 Å². The van der Waals surface area contributed by atoms with E-state index in [-0.39, 0.29) is 0 Å². The third kappa shape index (κ3) is 7.16. The number of hydrazone groups is 2. The van der Waals surface area contributed by atoms with E-state index in [1.165, 1.54) is 5.56 Å². The lowest BCUT2D eigenvalue weighted by Gasteiger charge is -2.21. The summed E-state index contributed by atoms with van der Waals surface area (Å²) < 4.78 is 0. The van der Waals surface area contributed by atoms with E-state index in [2.05, 4.69) is 67.8 Å². The molecule has 0 amide bonds. The average molecular weight is 421 g/mol. The Morgan fingerprint density at radius 2 is 1.25 bits per heavy atom. The fourth-order valence-electron chi connectivity index (χ4n) is 2.52. The molecule has 0 aliphatic rings. The minimum absolute atomic E-state index is 0.592. The maximum absolute atomic E-state index is 5.45. The van der Waals surface area contributed by atoms with Crippen LogP contribution in [0.5, 0.6) is 0 Å². The topological polar surface area (TPSA) is 55.3 Å². The fraction of sp³-hybridized carbons (Fsp3) is 0.500. The lowest BCUT2D eigenvalue weighted by molar-refractivity contribution is 0.457. The third-order valence-corrected chi connectivity index (χ3v) is 5.05. The molecule has 28 heavy (non-hydrogen) atoms. The summed E-state index contributed by atoms with van der Waals surface area (Å²) in [4.78, 5) is 4.06. The summed E-state index contributed by atoms with van der Waals surface area (Å²) in [5.41, 5.74) is 9.55. The summed E-state index contributed by atoms with van der Waals surface area (Å²) in [5.74, 6) is 0. The molecule has 0 fully saturated rings. The van der Waals surface area contributed by atoms with Crippen molar-refractivity contribution in [2.75, 3.05) is 26.2 Å². The van der Waals surface area contributed by atoms with Crippen molar-refractivity contribution in [2.45, 2.75) is 41.5 Å². The van der Waals surface area contributed by atoms with Gasteiger partial charge < -0.3 is 9.80 Å². The Morgan fingerprint density at radius 1 is 0.821 bits per heavy atom. The highest BCUT2D eigenvalue weighted by molar-refractivity contribution is 7.80. The highest BCUT2D eigenvalue weighted by atomic mass is 32.1. The molecule has 0 saturated carbocycles. The molecule has 2 N–H and O–H groups in total. The molecule has 0 aliphatic carbocycles. The van der Waals surface area contributed by atoms with Crippen LogP contribution in [0.2, 0.25) is 0 Å². The lowest BCUT2D eigenvalue weighted by Crippen LogP contribution is -2.39. The van der Waals surface area contributed by atoms with Crippen LogP contribution in [0.15, 0.2) is 34.5 Å². The van der Waals surface area contributed by atoms with Crippen LogP contribution in [-0.4, -0.2) is 57.6 Å². The summed E-state index contributed by atoms with van der Waals surface area (Å²) in [6.45, 7) is 15.5. The van der Waals surface area contributed by atoms with E-state index in [0.717, 1.165) is 31.7 Å². The summed E-state index contributed by atoms with van der Waals surface area (Å²) in [5, 5.41) is 10.2. The van der Waals surface area contributed by atoms with Gasteiger partial charge in [0, 0.05) is 31.7 Å². The Labute approximate surface area is 180 Å². The van der Waals surface area contributed by atoms with Gasteiger partial charge in [-0.25, -0.2) is 0 Å². The largest absolute Gasteiger partial charge is 0.348 e. The van der Waals surface area contributed by atoms with E-state index >= 15 is 0 Å². The van der Waals surface area contributed by atoms with E-state index in [4.69, 9.17) is 24.4 Å². The molecule has 0 aliphatic heterocycles. The van der Waals surface area contributed by atoms with Crippen LogP contribution < -0.4 is 10.9 Å². The van der Waals surface area contributed by atoms with E-state index in [0.29, 0.717) is 21.6 Å². The molecule has 0 unspecified atom stereocenters. The standard InChI is InChI=1S/C20H32N6S2/c1-7-25(8-2)19(27)23-21-16(6)18(17-13-11-15(5)12-14-17)22-24-20(28)26(9-3)10-4/h11-14H,7-10H2,1-6H3,(H,23,27)(H,24,28)/b21-16+,22-18-. The first-order chi connectivity index (χ1) is 13.4. The molecule has 1 aromatic carbocycles. The van der Waals surface area contributed by atoms with Gasteiger partial charge in [-0.05, 0) is 66.0 Å². The Balaban J connectivity index is 3.11. The van der Waals surface area contributed by atoms with Crippen LogP contribution in [0.4, 0.5) is 0 Å². The lowest BCUT2D eigenvalue weighted by atomic mass is 10.1. The normalized spacial score (nSPS) is 11.8. The zero-order valence-electron chi connectivity index (χ0n) is 17.7. The monoisotopic (exact) mass is 420 g/mol. The number of thiocarbonyl (C=S) groups is 2. The van der Waals surface area contributed by atoms with Gasteiger partial charge in [0.2, 0.25) is 0 Å². The number of aryl methyl sites for hydroxylation is 1. The van der Waals surface area contributed by atoms with Gasteiger partial charge in [-0.15, -0.1) is 0 Å². The highest BCUT2D eigenvalue weighted by Gasteiger charge is 2.11. The minimum Gasteiger partial charge on any atom is -0.348 e. The van der Waals surface area contributed by atoms with Gasteiger partial charge in [0.15, 0.2) is 10.2 Å². The van der Waals surface area contributed by atoms with Crippen LogP contribution in [0.3, 0.4) is 0 Å². The molecule has 1 aromatic rings. The number of nitrogens with zero attached hydrogens (tertiary/aromatic N) is 4. The van der Waals surface area contributed by atoms with Gasteiger partial charge in [-0.3, -0.25) is 10.9 Å². The summed E-state index contributed by atoms with van der Waals surface area (Å²) in [6.07, 6.45) is 0. The number of nitrogens with one attached hydrogen (secondary N) is 2. The van der Waals surface area contributed by atoms with Crippen molar-refractivity contribution in [1.82, 2.24) is 20.7 Å². The van der Waals surface area contributed by atoms with Crippen molar-refractivity contribution in [3.63, 3.8) is 0 Å². The molecule has 8 heteroatoms. The second-order valence-corrected chi connectivity index (χ2v) is 6.98. The third-order valence-electron chi connectivity index (χ3n) is 4.35. The molecule has 0 radical (unpaired) electrons. The fourth-order valence-corrected chi connectivity index (χ4v) is 3.12. The number of benzene rings is 1. The predicted molar refractivity (Wildman–Crippen MR) is 128 cm³/mol. The quantitative estimate of drug-likeness (QED) is 0.381. The first kappa shape index (κ1) is 24.0. The van der Waals surface area contributed by atoms with Crippen LogP contribution >= 0.6 is 24.4 Å². The highest BCUT2D eigenvalue weighted by Crippen LogP contribution is 2.06. The van der Waals surface area contributed by atoms with E-state index < -0.39 is 0 Å². The van der Waals surface area contributed by atoms with Crippen LogP contribution in [-0.2, 0) is 0 Å². The van der Waals surface area contributed by atoms with Crippen molar-refractivity contribution in [3.8, 4) is 0 Å². The second kappa shape index (κ2) is 12.4. The Morgan fingerprint density at radius 3 is 1.68 bits per heavy atom. The van der Waals surface area contributed by atoms with Gasteiger partial charge in [0.25, 0.3) is 0 Å². The Bertz CT molecular complexity index is 704. The van der Waals surface area contributed by atoms with Crippen molar-refractivity contribution in [1.29, 1.82) is 0 Å². The molecule has 154 valence electrons. The molecular formula is C20H32N6S2. The summed E-state index contributed by atoms with van der Waals surface area (Å²) in [6, 6.07) is 8.15. The van der Waals surface area contributed by atoms with Gasteiger partial charge in [0.05, 0.1) is 5.71 Å². The van der Waals surface area contributed by atoms with E-state index in [1.807, 2.05) is 28.9 Å². The van der Waals surface area contributed by atoms with Crippen LogP contribution in [0.1, 0.15) is 45.7 Å².